The van der Waals surface area contributed by atoms with Crippen LogP contribution in [0.2, 0.25) is 0 Å². The Balaban J connectivity index is 4.80. The SMILES string of the molecule is CCC/C=C/C=C/C/C=C/C/C=C/C/C=C/C/C=C\CCC(=O)OCC(COC(=O)CC/C=C\C/C=C/C/C=C/C/C=C/C/C=C/C=C/CCC)OC(=O)CC/C=C\C/C=C/C/C=C/C/C=C/C/C=C/C=C/CCC. The molecule has 0 spiro atoms. The lowest BCUT2D eigenvalue weighted by Crippen LogP contribution is -2.30. The van der Waals surface area contributed by atoms with Crippen molar-refractivity contribution in [3.05, 3.63) is 219 Å². The molecule has 0 N–H and O–H groups in total. The third kappa shape index (κ3) is 58.5. The van der Waals surface area contributed by atoms with Crippen molar-refractivity contribution < 1.29 is 28.6 Å². The lowest BCUT2D eigenvalue weighted by molar-refractivity contribution is -0.166. The third-order valence-electron chi connectivity index (χ3n) is 10.5. The quantitative estimate of drug-likeness (QED) is 0.0262. The lowest BCUT2D eigenvalue weighted by atomic mass is 10.2. The van der Waals surface area contributed by atoms with Gasteiger partial charge in [-0.15, -0.1) is 0 Å². The molecule has 75 heavy (non-hydrogen) atoms. The molecule has 0 aliphatic rings. The Morgan fingerprint density at radius 3 is 0.733 bits per heavy atom. The Bertz CT molecular complexity index is 1850. The topological polar surface area (TPSA) is 78.9 Å². The molecule has 0 aliphatic heterocycles. The maximum absolute atomic E-state index is 12.8. The Hall–Kier alpha value is -6.27. The summed E-state index contributed by atoms with van der Waals surface area (Å²) < 4.78 is 16.6. The molecule has 0 rings (SSSR count). The molecule has 0 heterocycles. The molecule has 0 aromatic carbocycles. The van der Waals surface area contributed by atoms with E-state index in [1.54, 1.807) is 0 Å². The molecule has 0 saturated carbocycles. The van der Waals surface area contributed by atoms with Gasteiger partial charge in [0.2, 0.25) is 0 Å². The first-order valence-electron chi connectivity index (χ1n) is 28.3. The van der Waals surface area contributed by atoms with Gasteiger partial charge in [-0.05, 0) is 116 Å². The molecule has 0 fully saturated rings. The van der Waals surface area contributed by atoms with Crippen LogP contribution in [0.3, 0.4) is 0 Å². The summed E-state index contributed by atoms with van der Waals surface area (Å²) >= 11 is 0. The van der Waals surface area contributed by atoms with Crippen LogP contribution in [-0.4, -0.2) is 37.2 Å². The van der Waals surface area contributed by atoms with Crippen LogP contribution in [0.4, 0.5) is 0 Å². The summed E-state index contributed by atoms with van der Waals surface area (Å²) in [5, 5.41) is 0. The van der Waals surface area contributed by atoms with Crippen molar-refractivity contribution in [1.29, 1.82) is 0 Å². The number of allylic oxidation sites excluding steroid dienone is 36. The van der Waals surface area contributed by atoms with E-state index in [0.29, 0.717) is 19.3 Å². The Morgan fingerprint density at radius 2 is 0.480 bits per heavy atom. The standard InChI is InChI=1S/C69H98O6/c1-4-7-10-13-16-19-22-25-28-31-34-37-40-43-46-49-52-55-58-61-67(70)73-64-66(75-69(72)63-60-57-54-51-48-45-42-39-36-33-30-27-24-21-18-15-12-9-6-3)65-74-68(71)62-59-56-53-50-47-44-41-38-35-32-29-26-23-20-17-14-11-8-5-2/h10-21,25-30,34-39,43-48,52-57,66H,4-9,22-24,31-33,40-42,49-51,58-65H2,1-3H3/b13-10+,14-11+,15-12+,19-16+,20-17+,21-18+,28-25+,29-26+,30-27+,37-34+,38-35+,39-36+,46-43+,47-44+,48-45+,55-52-,56-53-,57-54-. The van der Waals surface area contributed by atoms with E-state index in [2.05, 4.69) is 203 Å². The first-order chi connectivity index (χ1) is 37.0. The zero-order valence-electron chi connectivity index (χ0n) is 46.7. The second-order valence-electron chi connectivity index (χ2n) is 17.5. The third-order valence-corrected chi connectivity index (χ3v) is 10.5. The van der Waals surface area contributed by atoms with E-state index < -0.39 is 24.0 Å². The molecule has 0 aliphatic carbocycles. The number of unbranched alkanes of at least 4 members (excludes halogenated alkanes) is 3. The maximum Gasteiger partial charge on any atom is 0.306 e. The molecule has 0 radical (unpaired) electrons. The van der Waals surface area contributed by atoms with Gasteiger partial charge >= 0.3 is 17.9 Å². The summed E-state index contributed by atoms with van der Waals surface area (Å²) in [5.41, 5.74) is 0. The van der Waals surface area contributed by atoms with Crippen LogP contribution in [0.5, 0.6) is 0 Å². The summed E-state index contributed by atoms with van der Waals surface area (Å²) in [7, 11) is 0. The highest BCUT2D eigenvalue weighted by Crippen LogP contribution is 2.07. The monoisotopic (exact) mass is 1020 g/mol. The van der Waals surface area contributed by atoms with Gasteiger partial charge in [0, 0.05) is 19.3 Å². The van der Waals surface area contributed by atoms with Gasteiger partial charge in [0.1, 0.15) is 13.2 Å². The smallest absolute Gasteiger partial charge is 0.306 e. The lowest BCUT2D eigenvalue weighted by Gasteiger charge is -2.18. The van der Waals surface area contributed by atoms with Crippen molar-refractivity contribution in [2.75, 3.05) is 13.2 Å². The molecule has 0 amide bonds. The number of carbonyl (C=O) groups is 3. The number of hydrogen-bond acceptors (Lipinski definition) is 6. The molecular formula is C69H98O6. The fraction of sp³-hybridized carbons (Fsp3) is 0.435. The van der Waals surface area contributed by atoms with E-state index in [1.807, 2.05) is 36.5 Å². The minimum atomic E-state index is -0.896. The Labute approximate surface area is 457 Å². The van der Waals surface area contributed by atoms with Crippen molar-refractivity contribution in [3.8, 4) is 0 Å². The first kappa shape index (κ1) is 68.7. The minimum Gasteiger partial charge on any atom is -0.462 e. The number of esters is 3. The average Bonchev–Trinajstić information content (AvgIpc) is 3.41. The van der Waals surface area contributed by atoms with E-state index >= 15 is 0 Å². The van der Waals surface area contributed by atoms with Crippen molar-refractivity contribution in [1.82, 2.24) is 0 Å². The van der Waals surface area contributed by atoms with E-state index in [4.69, 9.17) is 14.2 Å². The zero-order chi connectivity index (χ0) is 54.3. The van der Waals surface area contributed by atoms with E-state index in [9.17, 15) is 14.4 Å². The van der Waals surface area contributed by atoms with Gasteiger partial charge in [-0.25, -0.2) is 0 Å². The molecule has 0 saturated heterocycles. The summed E-state index contributed by atoms with van der Waals surface area (Å²) in [5.74, 6) is -1.25. The second-order valence-corrected chi connectivity index (χ2v) is 17.5. The second kappa shape index (κ2) is 60.3. The summed E-state index contributed by atoms with van der Waals surface area (Å²) in [4.78, 5) is 38.1. The number of hydrogen-bond donors (Lipinski definition) is 0. The number of ether oxygens (including phenoxy) is 3. The molecule has 0 unspecified atom stereocenters. The van der Waals surface area contributed by atoms with Gasteiger partial charge in [0.05, 0.1) is 0 Å². The van der Waals surface area contributed by atoms with Gasteiger partial charge in [-0.1, -0.05) is 259 Å². The van der Waals surface area contributed by atoms with Crippen LogP contribution in [-0.2, 0) is 28.6 Å². The minimum absolute atomic E-state index is 0.158. The highest BCUT2D eigenvalue weighted by molar-refractivity contribution is 5.71. The van der Waals surface area contributed by atoms with Gasteiger partial charge in [-0.2, -0.15) is 0 Å². The fourth-order valence-electron chi connectivity index (χ4n) is 6.29. The summed E-state index contributed by atoms with van der Waals surface area (Å²) in [6.07, 6.45) is 95.2. The van der Waals surface area contributed by atoms with E-state index in [-0.39, 0.29) is 32.5 Å². The van der Waals surface area contributed by atoms with Crippen molar-refractivity contribution >= 4 is 17.9 Å². The number of carbonyl (C=O) groups excluding carboxylic acids is 3. The normalized spacial score (nSPS) is 13.4. The first-order valence-corrected chi connectivity index (χ1v) is 28.3. The largest absolute Gasteiger partial charge is 0.462 e. The van der Waals surface area contributed by atoms with E-state index in [0.717, 1.165) is 96.3 Å². The molecule has 410 valence electrons. The van der Waals surface area contributed by atoms with Gasteiger partial charge in [-0.3, -0.25) is 14.4 Å². The highest BCUT2D eigenvalue weighted by Gasteiger charge is 2.19. The summed E-state index contributed by atoms with van der Waals surface area (Å²) in [6, 6.07) is 0. The van der Waals surface area contributed by atoms with Crippen LogP contribution >= 0.6 is 0 Å². The predicted octanol–water partition coefficient (Wildman–Crippen LogP) is 19.4. The van der Waals surface area contributed by atoms with Crippen LogP contribution in [0.1, 0.15) is 175 Å². The fourth-order valence-corrected chi connectivity index (χ4v) is 6.29. The molecular weight excluding hydrogens is 925 g/mol. The zero-order valence-corrected chi connectivity index (χ0v) is 46.7. The number of rotatable bonds is 47. The summed E-state index contributed by atoms with van der Waals surface area (Å²) in [6.45, 7) is 6.17. The highest BCUT2D eigenvalue weighted by atomic mass is 16.6. The average molecular weight is 1020 g/mol. The molecule has 0 aromatic rings. The molecule has 0 bridgehead atoms. The molecule has 6 heteroatoms. The van der Waals surface area contributed by atoms with Crippen molar-refractivity contribution in [2.45, 2.75) is 181 Å². The van der Waals surface area contributed by atoms with Crippen LogP contribution in [0.15, 0.2) is 219 Å². The van der Waals surface area contributed by atoms with Crippen molar-refractivity contribution in [2.24, 2.45) is 0 Å². The Morgan fingerprint density at radius 1 is 0.267 bits per heavy atom. The van der Waals surface area contributed by atoms with Gasteiger partial charge in [0.15, 0.2) is 6.10 Å². The van der Waals surface area contributed by atoms with Crippen molar-refractivity contribution in [3.63, 3.8) is 0 Å². The van der Waals surface area contributed by atoms with E-state index in [1.165, 1.54) is 19.3 Å². The predicted molar refractivity (Wildman–Crippen MR) is 324 cm³/mol. The Kier molecular flexibility index (Phi) is 55.2. The van der Waals surface area contributed by atoms with Crippen LogP contribution in [0, 0.1) is 0 Å². The molecule has 0 atom stereocenters. The maximum atomic E-state index is 12.8. The van der Waals surface area contributed by atoms with Gasteiger partial charge < -0.3 is 14.2 Å². The van der Waals surface area contributed by atoms with Gasteiger partial charge in [0.25, 0.3) is 0 Å². The molecule has 6 nitrogen and oxygen atoms in total. The van der Waals surface area contributed by atoms with Crippen LogP contribution < -0.4 is 0 Å². The molecule has 0 aromatic heterocycles. The van der Waals surface area contributed by atoms with Crippen LogP contribution in [0.25, 0.3) is 0 Å².